The highest BCUT2D eigenvalue weighted by molar-refractivity contribution is 5.94. The molecule has 2 aromatic rings. The Bertz CT molecular complexity index is 848. The van der Waals surface area contributed by atoms with Gasteiger partial charge in [-0.2, -0.15) is 5.10 Å². The molecule has 0 bridgehead atoms. The maximum Gasteiger partial charge on any atom is 0.337 e. The number of carbonyl (C=O) groups excluding carboxylic acids is 2. The largest absolute Gasteiger partial charge is 0.465 e. The fraction of sp³-hybridized carbons (Fsp3) is 0.571. The number of amides is 1. The number of fused-ring (bicyclic) bond motifs is 1. The van der Waals surface area contributed by atoms with Crippen LogP contribution in [-0.4, -0.2) is 64.7 Å². The van der Waals surface area contributed by atoms with E-state index in [2.05, 4.69) is 14.9 Å². The summed E-state index contributed by atoms with van der Waals surface area (Å²) in [5.74, 6) is 0.270. The zero-order valence-electron chi connectivity index (χ0n) is 16.5. The molecule has 1 saturated heterocycles. The fourth-order valence-electron chi connectivity index (χ4n) is 4.35. The highest BCUT2D eigenvalue weighted by Crippen LogP contribution is 2.26. The summed E-state index contributed by atoms with van der Waals surface area (Å²) in [6.45, 7) is 3.99. The van der Waals surface area contributed by atoms with E-state index >= 15 is 0 Å². The summed E-state index contributed by atoms with van der Waals surface area (Å²) in [4.78, 5) is 28.8. The molecule has 2 fully saturated rings. The number of benzene rings is 1. The zero-order chi connectivity index (χ0) is 19.5. The van der Waals surface area contributed by atoms with Crippen LogP contribution in [0.3, 0.4) is 0 Å². The molecular formula is C21H28N4O3. The normalized spacial score (nSPS) is 19.1. The Balaban J connectivity index is 1.35. The number of nitrogens with zero attached hydrogens (tertiary/aromatic N) is 4. The lowest BCUT2D eigenvalue weighted by molar-refractivity contribution is -0.138. The van der Waals surface area contributed by atoms with Crippen molar-refractivity contribution in [1.82, 2.24) is 19.6 Å². The molecule has 0 spiro atoms. The third-order valence-corrected chi connectivity index (χ3v) is 6.04. The molecule has 7 heteroatoms. The van der Waals surface area contributed by atoms with E-state index in [4.69, 9.17) is 4.74 Å². The number of esters is 1. The van der Waals surface area contributed by atoms with Crippen molar-refractivity contribution < 1.29 is 14.3 Å². The van der Waals surface area contributed by atoms with Crippen molar-refractivity contribution in [1.29, 1.82) is 0 Å². The minimum Gasteiger partial charge on any atom is -0.465 e. The van der Waals surface area contributed by atoms with Crippen LogP contribution >= 0.6 is 0 Å². The van der Waals surface area contributed by atoms with Crippen LogP contribution in [0.15, 0.2) is 24.4 Å². The maximum absolute atomic E-state index is 12.7. The van der Waals surface area contributed by atoms with Gasteiger partial charge in [-0.15, -0.1) is 0 Å². The van der Waals surface area contributed by atoms with Gasteiger partial charge in [0.15, 0.2) is 0 Å². The first-order valence-corrected chi connectivity index (χ1v) is 10.2. The minimum atomic E-state index is -0.339. The SMILES string of the molecule is COC(=O)c1ccc2c(cnn2CN2CCN(C(=O)C3CCCCC3)CC2)c1. The Hall–Kier alpha value is -2.41. The molecule has 1 aromatic heterocycles. The Kier molecular flexibility index (Phi) is 5.62. The van der Waals surface area contributed by atoms with Crippen molar-refractivity contribution in [3.63, 3.8) is 0 Å². The molecule has 1 amide bonds. The number of aromatic nitrogens is 2. The number of carbonyl (C=O) groups is 2. The number of hydrogen-bond acceptors (Lipinski definition) is 5. The van der Waals surface area contributed by atoms with Crippen LogP contribution in [0, 0.1) is 5.92 Å². The summed E-state index contributed by atoms with van der Waals surface area (Å²) in [6, 6.07) is 5.50. The first-order valence-electron chi connectivity index (χ1n) is 10.2. The van der Waals surface area contributed by atoms with Crippen LogP contribution < -0.4 is 0 Å². The van der Waals surface area contributed by atoms with Crippen molar-refractivity contribution in [2.24, 2.45) is 5.92 Å². The highest BCUT2D eigenvalue weighted by Gasteiger charge is 2.28. The van der Waals surface area contributed by atoms with Gasteiger partial charge in [0.2, 0.25) is 5.91 Å². The van der Waals surface area contributed by atoms with Gasteiger partial charge in [0, 0.05) is 37.5 Å². The van der Waals surface area contributed by atoms with Crippen LogP contribution in [0.25, 0.3) is 10.9 Å². The maximum atomic E-state index is 12.7. The molecule has 2 heterocycles. The van der Waals surface area contributed by atoms with Crippen molar-refractivity contribution in [3.05, 3.63) is 30.0 Å². The number of hydrogen-bond donors (Lipinski definition) is 0. The smallest absolute Gasteiger partial charge is 0.337 e. The molecule has 0 unspecified atom stereocenters. The predicted octanol–water partition coefficient (Wildman–Crippen LogP) is 2.50. The summed E-state index contributed by atoms with van der Waals surface area (Å²) < 4.78 is 6.73. The molecule has 0 atom stereocenters. The topological polar surface area (TPSA) is 67.7 Å². The zero-order valence-corrected chi connectivity index (χ0v) is 16.5. The third-order valence-electron chi connectivity index (χ3n) is 6.04. The summed E-state index contributed by atoms with van der Waals surface area (Å²) >= 11 is 0. The van der Waals surface area contributed by atoms with Crippen molar-refractivity contribution in [3.8, 4) is 0 Å². The number of rotatable bonds is 4. The lowest BCUT2D eigenvalue weighted by Gasteiger charge is -2.37. The molecule has 1 saturated carbocycles. The van der Waals surface area contributed by atoms with Crippen LogP contribution in [0.2, 0.25) is 0 Å². The molecule has 0 N–H and O–H groups in total. The summed E-state index contributed by atoms with van der Waals surface area (Å²) in [5.41, 5.74) is 1.53. The number of ether oxygens (including phenoxy) is 1. The second kappa shape index (κ2) is 8.31. The van der Waals surface area contributed by atoms with E-state index in [1.54, 1.807) is 12.3 Å². The minimum absolute atomic E-state index is 0.249. The van der Waals surface area contributed by atoms with Gasteiger partial charge >= 0.3 is 5.97 Å². The Morgan fingerprint density at radius 3 is 2.57 bits per heavy atom. The van der Waals surface area contributed by atoms with Crippen LogP contribution in [0.1, 0.15) is 42.5 Å². The standard InChI is InChI=1S/C21H28N4O3/c1-28-21(27)17-7-8-19-18(13-17)14-22-25(19)15-23-9-11-24(12-10-23)20(26)16-5-3-2-4-6-16/h7-8,13-14,16H,2-6,9-12,15H2,1H3. The van der Waals surface area contributed by atoms with Crippen molar-refractivity contribution >= 4 is 22.8 Å². The Labute approximate surface area is 165 Å². The molecule has 1 aliphatic heterocycles. The predicted molar refractivity (Wildman–Crippen MR) is 106 cm³/mol. The van der Waals surface area contributed by atoms with Gasteiger partial charge in [-0.25, -0.2) is 4.79 Å². The summed E-state index contributed by atoms with van der Waals surface area (Å²) in [5, 5.41) is 5.41. The van der Waals surface area contributed by atoms with E-state index in [-0.39, 0.29) is 11.9 Å². The van der Waals surface area contributed by atoms with Gasteiger partial charge in [0.1, 0.15) is 0 Å². The van der Waals surface area contributed by atoms with Gasteiger partial charge < -0.3 is 9.64 Å². The summed E-state index contributed by atoms with van der Waals surface area (Å²) in [7, 11) is 1.38. The average molecular weight is 384 g/mol. The third kappa shape index (κ3) is 3.90. The lowest BCUT2D eigenvalue weighted by atomic mass is 9.88. The van der Waals surface area contributed by atoms with Crippen molar-refractivity contribution in [2.45, 2.75) is 38.8 Å². The van der Waals surface area contributed by atoms with Crippen LogP contribution in [0.5, 0.6) is 0 Å². The molecule has 1 aromatic carbocycles. The second-order valence-corrected chi connectivity index (χ2v) is 7.83. The molecule has 28 heavy (non-hydrogen) atoms. The molecule has 7 nitrogen and oxygen atoms in total. The van der Waals surface area contributed by atoms with E-state index < -0.39 is 0 Å². The molecule has 1 aliphatic carbocycles. The van der Waals surface area contributed by atoms with E-state index in [0.717, 1.165) is 49.9 Å². The van der Waals surface area contributed by atoms with Gasteiger partial charge in [-0.1, -0.05) is 19.3 Å². The van der Waals surface area contributed by atoms with Gasteiger partial charge in [0.25, 0.3) is 0 Å². The Morgan fingerprint density at radius 2 is 1.86 bits per heavy atom. The van der Waals surface area contributed by atoms with E-state index in [9.17, 15) is 9.59 Å². The first-order chi connectivity index (χ1) is 13.7. The van der Waals surface area contributed by atoms with E-state index in [1.807, 2.05) is 16.8 Å². The van der Waals surface area contributed by atoms with Crippen LogP contribution in [-0.2, 0) is 16.2 Å². The monoisotopic (exact) mass is 384 g/mol. The highest BCUT2D eigenvalue weighted by atomic mass is 16.5. The number of piperazine rings is 1. The van der Waals surface area contributed by atoms with Crippen LogP contribution in [0.4, 0.5) is 0 Å². The van der Waals surface area contributed by atoms with E-state index in [0.29, 0.717) is 18.1 Å². The van der Waals surface area contributed by atoms with Gasteiger partial charge in [-0.3, -0.25) is 14.4 Å². The molecule has 150 valence electrons. The first kappa shape index (κ1) is 18.9. The molecule has 0 radical (unpaired) electrons. The molecule has 2 aliphatic rings. The molecular weight excluding hydrogens is 356 g/mol. The van der Waals surface area contributed by atoms with Crippen molar-refractivity contribution in [2.75, 3.05) is 33.3 Å². The van der Waals surface area contributed by atoms with Gasteiger partial charge in [-0.05, 0) is 31.0 Å². The van der Waals surface area contributed by atoms with Gasteiger partial charge in [0.05, 0.1) is 31.1 Å². The average Bonchev–Trinajstić information content (AvgIpc) is 3.15. The number of methoxy groups -OCH3 is 1. The van der Waals surface area contributed by atoms with E-state index in [1.165, 1.54) is 26.4 Å². The quantitative estimate of drug-likeness (QED) is 0.758. The lowest BCUT2D eigenvalue weighted by Crippen LogP contribution is -2.50. The Morgan fingerprint density at radius 1 is 1.11 bits per heavy atom. The summed E-state index contributed by atoms with van der Waals surface area (Å²) in [6.07, 6.45) is 7.57. The fourth-order valence-corrected chi connectivity index (χ4v) is 4.35. The molecule has 4 rings (SSSR count). The second-order valence-electron chi connectivity index (χ2n) is 7.83.